The van der Waals surface area contributed by atoms with Crippen LogP contribution in [0.15, 0.2) is 48.5 Å². The van der Waals surface area contributed by atoms with Crippen molar-refractivity contribution in [2.24, 2.45) is 0 Å². The molecule has 96 valence electrons. The van der Waals surface area contributed by atoms with Crippen LogP contribution in [-0.2, 0) is 9.49 Å². The van der Waals surface area contributed by atoms with Crippen LogP contribution in [0, 0.1) is 0 Å². The highest BCUT2D eigenvalue weighted by Crippen LogP contribution is 2.79. The summed E-state index contributed by atoms with van der Waals surface area (Å²) >= 11 is 4.06. The molecule has 0 saturated heterocycles. The maximum Gasteiger partial charge on any atom is 0.0616 e. The van der Waals surface area contributed by atoms with Gasteiger partial charge in [0, 0.05) is 0 Å². The highest BCUT2D eigenvalue weighted by molar-refractivity contribution is 8.04. The molecule has 0 aliphatic heterocycles. The fourth-order valence-corrected chi connectivity index (χ4v) is 6.75. The molecule has 1 fully saturated rings. The van der Waals surface area contributed by atoms with Gasteiger partial charge in [-0.1, -0.05) is 48.5 Å². The second-order valence-electron chi connectivity index (χ2n) is 5.33. The first-order valence-electron chi connectivity index (χ1n) is 6.59. The van der Waals surface area contributed by atoms with Crippen molar-refractivity contribution >= 4 is 23.5 Å². The highest BCUT2D eigenvalue weighted by Gasteiger charge is 2.71. The summed E-state index contributed by atoms with van der Waals surface area (Å²) < 4.78 is 0.578. The van der Waals surface area contributed by atoms with Crippen molar-refractivity contribution in [3.05, 3.63) is 59.7 Å². The normalized spacial score (nSPS) is 30.2. The van der Waals surface area contributed by atoms with Gasteiger partial charge in [-0.2, -0.15) is 23.5 Å². The minimum Gasteiger partial charge on any atom is -0.152 e. The molecular weight excluding hydrogens is 268 g/mol. The lowest BCUT2D eigenvalue weighted by Crippen LogP contribution is -2.22. The zero-order valence-electron chi connectivity index (χ0n) is 11.1. The van der Waals surface area contributed by atoms with Gasteiger partial charge in [0.2, 0.25) is 0 Å². The predicted octanol–water partition coefficient (Wildman–Crippen LogP) is 4.89. The standard InChI is InChI=1S/C17H16S2/c1-18-16-11-17(16,19-2)15-10-6-4-8-13(15)12-7-3-5-9-14(12)16/h3-10H,11H2,1-2H3/t16-,17+. The van der Waals surface area contributed by atoms with E-state index < -0.39 is 0 Å². The van der Waals surface area contributed by atoms with Gasteiger partial charge in [0.1, 0.15) is 0 Å². The average molecular weight is 284 g/mol. The number of hydrogen-bond donors (Lipinski definition) is 0. The summed E-state index contributed by atoms with van der Waals surface area (Å²) in [5, 5.41) is 0. The fourth-order valence-electron chi connectivity index (χ4n) is 3.77. The summed E-state index contributed by atoms with van der Waals surface area (Å²) in [5.74, 6) is 0. The summed E-state index contributed by atoms with van der Waals surface area (Å²) in [6.07, 6.45) is 5.79. The van der Waals surface area contributed by atoms with Crippen molar-refractivity contribution in [2.75, 3.05) is 12.5 Å². The van der Waals surface area contributed by atoms with E-state index in [4.69, 9.17) is 0 Å². The summed E-state index contributed by atoms with van der Waals surface area (Å²) in [6.45, 7) is 0. The minimum absolute atomic E-state index is 0.289. The Bertz CT molecular complexity index is 606. The van der Waals surface area contributed by atoms with Crippen molar-refractivity contribution in [3.8, 4) is 11.1 Å². The van der Waals surface area contributed by atoms with Gasteiger partial charge in [0.05, 0.1) is 9.49 Å². The summed E-state index contributed by atoms with van der Waals surface area (Å²) in [7, 11) is 0. The van der Waals surface area contributed by atoms with E-state index in [1.165, 1.54) is 28.7 Å². The highest BCUT2D eigenvalue weighted by atomic mass is 32.2. The smallest absolute Gasteiger partial charge is 0.0616 e. The number of benzene rings is 2. The van der Waals surface area contributed by atoms with Crippen LogP contribution in [0.3, 0.4) is 0 Å². The van der Waals surface area contributed by atoms with E-state index in [1.807, 2.05) is 23.5 Å². The predicted molar refractivity (Wildman–Crippen MR) is 86.9 cm³/mol. The molecule has 2 aliphatic carbocycles. The Labute approximate surface area is 123 Å². The van der Waals surface area contributed by atoms with Crippen molar-refractivity contribution in [2.45, 2.75) is 15.9 Å². The van der Waals surface area contributed by atoms with Gasteiger partial charge < -0.3 is 0 Å². The van der Waals surface area contributed by atoms with E-state index in [0.29, 0.717) is 0 Å². The Morgan fingerprint density at radius 3 is 1.58 bits per heavy atom. The van der Waals surface area contributed by atoms with Gasteiger partial charge in [0.25, 0.3) is 0 Å². The van der Waals surface area contributed by atoms with Crippen molar-refractivity contribution in [1.29, 1.82) is 0 Å². The van der Waals surface area contributed by atoms with Crippen LogP contribution >= 0.6 is 23.5 Å². The molecule has 0 heterocycles. The molecule has 2 aromatic carbocycles. The van der Waals surface area contributed by atoms with Crippen LogP contribution in [0.4, 0.5) is 0 Å². The third-order valence-electron chi connectivity index (χ3n) is 4.74. The van der Waals surface area contributed by atoms with Gasteiger partial charge >= 0.3 is 0 Å². The molecule has 0 spiro atoms. The molecule has 0 nitrogen and oxygen atoms in total. The SMILES string of the molecule is CS[C@]12C[C@@]1(SC)c1ccccc1-c1ccccc12. The maximum absolute atomic E-state index is 2.33. The molecular formula is C17H16S2. The summed E-state index contributed by atoms with van der Waals surface area (Å²) in [4.78, 5) is 0. The van der Waals surface area contributed by atoms with Crippen LogP contribution < -0.4 is 0 Å². The summed E-state index contributed by atoms with van der Waals surface area (Å²) in [6, 6.07) is 17.9. The number of fused-ring (bicyclic) bond motifs is 6. The third-order valence-corrected chi connectivity index (χ3v) is 7.69. The number of rotatable bonds is 2. The quantitative estimate of drug-likeness (QED) is 0.770. The molecule has 2 heteroatoms. The zero-order valence-corrected chi connectivity index (χ0v) is 12.8. The molecule has 2 aliphatic rings. The first-order chi connectivity index (χ1) is 9.29. The molecule has 0 amide bonds. The minimum atomic E-state index is 0.289. The Hall–Kier alpha value is -0.860. The van der Waals surface area contributed by atoms with Gasteiger partial charge in [-0.05, 0) is 41.2 Å². The van der Waals surface area contributed by atoms with E-state index >= 15 is 0 Å². The van der Waals surface area contributed by atoms with Crippen molar-refractivity contribution in [1.82, 2.24) is 0 Å². The third kappa shape index (κ3) is 1.25. The zero-order chi connectivity index (χ0) is 13.1. The van der Waals surface area contributed by atoms with Crippen LogP contribution in [0.5, 0.6) is 0 Å². The largest absolute Gasteiger partial charge is 0.152 e. The molecule has 0 N–H and O–H groups in total. The van der Waals surface area contributed by atoms with Crippen molar-refractivity contribution < 1.29 is 0 Å². The van der Waals surface area contributed by atoms with E-state index in [9.17, 15) is 0 Å². The average Bonchev–Trinajstić information content (AvgIpc) is 3.19. The fraction of sp³-hybridized carbons (Fsp3) is 0.294. The first kappa shape index (κ1) is 11.9. The van der Waals surface area contributed by atoms with Crippen LogP contribution in [0.2, 0.25) is 0 Å². The molecule has 0 bridgehead atoms. The monoisotopic (exact) mass is 284 g/mol. The van der Waals surface area contributed by atoms with Gasteiger partial charge in [-0.15, -0.1) is 0 Å². The lowest BCUT2D eigenvalue weighted by Gasteiger charge is -2.32. The van der Waals surface area contributed by atoms with E-state index in [0.717, 1.165) is 0 Å². The van der Waals surface area contributed by atoms with Gasteiger partial charge in [-0.3, -0.25) is 0 Å². The molecule has 1 saturated carbocycles. The lowest BCUT2D eigenvalue weighted by atomic mass is 9.85. The Morgan fingerprint density at radius 1 is 0.737 bits per heavy atom. The summed E-state index contributed by atoms with van der Waals surface area (Å²) in [5.41, 5.74) is 5.95. The van der Waals surface area contributed by atoms with Gasteiger partial charge in [-0.25, -0.2) is 0 Å². The van der Waals surface area contributed by atoms with E-state index in [2.05, 4.69) is 61.0 Å². The van der Waals surface area contributed by atoms with Gasteiger partial charge in [0.15, 0.2) is 0 Å². The Kier molecular flexibility index (Phi) is 2.40. The molecule has 0 aromatic heterocycles. The Morgan fingerprint density at radius 2 is 1.16 bits per heavy atom. The van der Waals surface area contributed by atoms with E-state index in [-0.39, 0.29) is 9.49 Å². The van der Waals surface area contributed by atoms with Crippen LogP contribution in [-0.4, -0.2) is 12.5 Å². The number of hydrogen-bond acceptors (Lipinski definition) is 2. The second-order valence-corrected chi connectivity index (χ2v) is 7.54. The molecule has 4 rings (SSSR count). The molecule has 19 heavy (non-hydrogen) atoms. The van der Waals surface area contributed by atoms with Crippen LogP contribution in [0.25, 0.3) is 11.1 Å². The van der Waals surface area contributed by atoms with Crippen LogP contribution in [0.1, 0.15) is 17.5 Å². The Balaban J connectivity index is 2.09. The number of thioether (sulfide) groups is 2. The van der Waals surface area contributed by atoms with Crippen molar-refractivity contribution in [3.63, 3.8) is 0 Å². The molecule has 2 aromatic rings. The maximum atomic E-state index is 2.33. The topological polar surface area (TPSA) is 0 Å². The lowest BCUT2D eigenvalue weighted by molar-refractivity contribution is 0.890. The molecule has 0 unspecified atom stereocenters. The second kappa shape index (κ2) is 3.83. The van der Waals surface area contributed by atoms with E-state index in [1.54, 1.807) is 0 Å². The first-order valence-corrected chi connectivity index (χ1v) is 9.04. The molecule has 2 atom stereocenters. The molecule has 0 radical (unpaired) electrons.